The largest absolute Gasteiger partial charge is 0.508 e. The Kier molecular flexibility index (Phi) is 3.25. The molecule has 4 atom stereocenters. The molecule has 0 unspecified atom stereocenters. The van der Waals surface area contributed by atoms with Crippen LogP contribution in [-0.4, -0.2) is 29.6 Å². The lowest BCUT2D eigenvalue weighted by Crippen LogP contribution is -2.57. The van der Waals surface area contributed by atoms with Crippen molar-refractivity contribution in [3.05, 3.63) is 29.8 Å². The molecule has 1 heterocycles. The molecular weight excluding hydrogens is 258 g/mol. The summed E-state index contributed by atoms with van der Waals surface area (Å²) in [4.78, 5) is 2.63. The Bertz CT molecular complexity index is 524. The second-order valence-electron chi connectivity index (χ2n) is 7.75. The molecule has 2 heteroatoms. The number of benzene rings is 1. The Labute approximate surface area is 128 Å². The zero-order valence-electron chi connectivity index (χ0n) is 13.1. The van der Waals surface area contributed by atoms with Gasteiger partial charge in [0.15, 0.2) is 0 Å². The minimum atomic E-state index is 0.328. The summed E-state index contributed by atoms with van der Waals surface area (Å²) >= 11 is 0. The Hall–Kier alpha value is -1.02. The van der Waals surface area contributed by atoms with E-state index < -0.39 is 0 Å². The summed E-state index contributed by atoms with van der Waals surface area (Å²) in [6.45, 7) is 1.21. The van der Waals surface area contributed by atoms with E-state index in [-0.39, 0.29) is 0 Å². The molecule has 1 aromatic rings. The van der Waals surface area contributed by atoms with Crippen LogP contribution in [0.15, 0.2) is 24.3 Å². The highest BCUT2D eigenvalue weighted by Crippen LogP contribution is 2.54. The van der Waals surface area contributed by atoms with Crippen molar-refractivity contribution in [2.24, 2.45) is 11.8 Å². The fourth-order valence-electron chi connectivity index (χ4n) is 5.59. The Morgan fingerprint density at radius 2 is 2.05 bits per heavy atom. The van der Waals surface area contributed by atoms with Crippen LogP contribution >= 0.6 is 0 Å². The molecule has 0 aromatic heterocycles. The average molecular weight is 285 g/mol. The summed E-state index contributed by atoms with van der Waals surface area (Å²) in [5.74, 6) is 2.26. The van der Waals surface area contributed by atoms with Crippen LogP contribution in [0, 0.1) is 11.8 Å². The van der Waals surface area contributed by atoms with Crippen LogP contribution in [0.4, 0.5) is 0 Å². The molecule has 1 N–H and O–H groups in total. The van der Waals surface area contributed by atoms with Gasteiger partial charge in [0.25, 0.3) is 0 Å². The van der Waals surface area contributed by atoms with Gasteiger partial charge in [-0.05, 0) is 74.2 Å². The normalized spacial score (nSPS) is 39.8. The second-order valence-corrected chi connectivity index (χ2v) is 7.75. The van der Waals surface area contributed by atoms with E-state index in [4.69, 9.17) is 0 Å². The molecule has 0 amide bonds. The third-order valence-electron chi connectivity index (χ3n) is 6.68. The monoisotopic (exact) mass is 285 g/mol. The molecule has 1 aliphatic heterocycles. The summed E-state index contributed by atoms with van der Waals surface area (Å²) < 4.78 is 0. The van der Waals surface area contributed by atoms with Gasteiger partial charge in [-0.25, -0.2) is 0 Å². The van der Waals surface area contributed by atoms with E-state index in [1.165, 1.54) is 57.1 Å². The minimum Gasteiger partial charge on any atom is -0.508 e. The van der Waals surface area contributed by atoms with Crippen molar-refractivity contribution in [3.63, 3.8) is 0 Å². The van der Waals surface area contributed by atoms with Gasteiger partial charge in [-0.3, -0.25) is 0 Å². The zero-order chi connectivity index (χ0) is 14.4. The molecule has 0 spiro atoms. The first-order valence-electron chi connectivity index (χ1n) is 8.68. The van der Waals surface area contributed by atoms with E-state index in [9.17, 15) is 5.11 Å². The van der Waals surface area contributed by atoms with Gasteiger partial charge >= 0.3 is 0 Å². The highest BCUT2D eigenvalue weighted by Gasteiger charge is 2.50. The standard InChI is InChI=1S/C19H27NO/c1-20-10-9-19(15-6-4-7-16(21)11-15)12-14-5-2-3-8-17(14)18(20)13-19/h4,6-7,11,14,17-18,21H,2-3,5,8-10,12-13H2,1H3/t14-,17+,18-,19+/m1/s1. The van der Waals surface area contributed by atoms with Gasteiger partial charge in [0, 0.05) is 6.04 Å². The maximum Gasteiger partial charge on any atom is 0.115 e. The fraction of sp³-hybridized carbons (Fsp3) is 0.684. The molecule has 2 bridgehead atoms. The number of hydrogen-bond acceptors (Lipinski definition) is 2. The van der Waals surface area contributed by atoms with Gasteiger partial charge in [0.2, 0.25) is 0 Å². The SMILES string of the molecule is CN1CC[C@]2(c3cccc(O)c3)C[C@H]3CCCC[C@@H]3[C@H]1C2. The number of phenolic OH excluding ortho intramolecular Hbond substituents is 1. The lowest BCUT2D eigenvalue weighted by molar-refractivity contribution is -0.0260. The number of phenols is 1. The number of hydrogen-bond donors (Lipinski definition) is 1. The van der Waals surface area contributed by atoms with Gasteiger partial charge in [-0.15, -0.1) is 0 Å². The molecule has 2 nitrogen and oxygen atoms in total. The number of rotatable bonds is 1. The highest BCUT2D eigenvalue weighted by atomic mass is 16.3. The predicted octanol–water partition coefficient (Wildman–Crippen LogP) is 3.93. The van der Waals surface area contributed by atoms with Crippen LogP contribution in [0.1, 0.15) is 50.5 Å². The maximum absolute atomic E-state index is 9.91. The van der Waals surface area contributed by atoms with Crippen molar-refractivity contribution in [1.29, 1.82) is 0 Å². The maximum atomic E-state index is 9.91. The molecule has 1 saturated heterocycles. The molecule has 114 valence electrons. The van der Waals surface area contributed by atoms with Crippen molar-refractivity contribution in [2.45, 2.75) is 56.4 Å². The average Bonchev–Trinajstić information content (AvgIpc) is 2.51. The topological polar surface area (TPSA) is 23.5 Å². The van der Waals surface area contributed by atoms with Gasteiger partial charge < -0.3 is 10.0 Å². The van der Waals surface area contributed by atoms with Crippen molar-refractivity contribution in [2.75, 3.05) is 13.6 Å². The van der Waals surface area contributed by atoms with Crippen LogP contribution in [0.5, 0.6) is 5.75 Å². The third-order valence-corrected chi connectivity index (χ3v) is 6.68. The predicted molar refractivity (Wildman–Crippen MR) is 85.5 cm³/mol. The molecule has 2 aliphatic carbocycles. The van der Waals surface area contributed by atoms with Crippen molar-refractivity contribution in [3.8, 4) is 5.75 Å². The Balaban J connectivity index is 1.72. The number of fused-ring (bicyclic) bond motifs is 4. The first-order chi connectivity index (χ1) is 10.2. The fourth-order valence-corrected chi connectivity index (χ4v) is 5.59. The van der Waals surface area contributed by atoms with Gasteiger partial charge in [-0.2, -0.15) is 0 Å². The van der Waals surface area contributed by atoms with Crippen LogP contribution in [-0.2, 0) is 5.41 Å². The van der Waals surface area contributed by atoms with E-state index in [0.717, 1.165) is 17.9 Å². The molecule has 1 aromatic carbocycles. The summed E-state index contributed by atoms with van der Waals surface area (Å²) in [5, 5.41) is 9.91. The van der Waals surface area contributed by atoms with Gasteiger partial charge in [0.1, 0.15) is 5.75 Å². The molecular formula is C19H27NO. The lowest BCUT2D eigenvalue weighted by Gasteiger charge is -2.57. The Morgan fingerprint density at radius 1 is 1.19 bits per heavy atom. The first-order valence-corrected chi connectivity index (χ1v) is 8.68. The summed E-state index contributed by atoms with van der Waals surface area (Å²) in [7, 11) is 2.33. The van der Waals surface area contributed by atoms with Gasteiger partial charge in [0.05, 0.1) is 0 Å². The third kappa shape index (κ3) is 2.19. The van der Waals surface area contributed by atoms with E-state index in [0.29, 0.717) is 11.2 Å². The number of likely N-dealkylation sites (tertiary alicyclic amines) is 1. The minimum absolute atomic E-state index is 0.328. The van der Waals surface area contributed by atoms with E-state index in [2.05, 4.69) is 18.0 Å². The van der Waals surface area contributed by atoms with Crippen LogP contribution in [0.3, 0.4) is 0 Å². The molecule has 0 radical (unpaired) electrons. The molecule has 21 heavy (non-hydrogen) atoms. The van der Waals surface area contributed by atoms with E-state index in [1.54, 1.807) is 6.07 Å². The second kappa shape index (κ2) is 5.01. The number of aromatic hydroxyl groups is 1. The zero-order valence-corrected chi connectivity index (χ0v) is 13.1. The quantitative estimate of drug-likeness (QED) is 0.845. The van der Waals surface area contributed by atoms with Crippen LogP contribution in [0.2, 0.25) is 0 Å². The van der Waals surface area contributed by atoms with Crippen LogP contribution in [0.25, 0.3) is 0 Å². The molecule has 3 fully saturated rings. The lowest BCUT2D eigenvalue weighted by atomic mass is 9.54. The van der Waals surface area contributed by atoms with E-state index >= 15 is 0 Å². The van der Waals surface area contributed by atoms with Gasteiger partial charge in [-0.1, -0.05) is 31.4 Å². The molecule has 2 saturated carbocycles. The number of piperidine rings is 1. The highest BCUT2D eigenvalue weighted by molar-refractivity contribution is 5.35. The summed E-state index contributed by atoms with van der Waals surface area (Å²) in [6, 6.07) is 8.88. The molecule has 3 aliphatic rings. The van der Waals surface area contributed by atoms with Crippen molar-refractivity contribution < 1.29 is 5.11 Å². The summed E-state index contributed by atoms with van der Waals surface area (Å²) in [6.07, 6.45) is 9.63. The molecule has 4 rings (SSSR count). The first kappa shape index (κ1) is 13.6. The Morgan fingerprint density at radius 3 is 2.90 bits per heavy atom. The summed E-state index contributed by atoms with van der Waals surface area (Å²) in [5.41, 5.74) is 1.72. The van der Waals surface area contributed by atoms with Crippen molar-refractivity contribution >= 4 is 0 Å². The van der Waals surface area contributed by atoms with Crippen LogP contribution < -0.4 is 0 Å². The van der Waals surface area contributed by atoms with Crippen molar-refractivity contribution in [1.82, 2.24) is 4.90 Å². The number of nitrogens with zero attached hydrogens (tertiary/aromatic N) is 1. The van der Waals surface area contributed by atoms with E-state index in [1.807, 2.05) is 12.1 Å². The smallest absolute Gasteiger partial charge is 0.115 e.